The number of nitrogens with one attached hydrogen (secondary N) is 1. The molecule has 0 radical (unpaired) electrons. The van der Waals surface area contributed by atoms with Crippen LogP contribution in [0.5, 0.6) is 5.75 Å². The van der Waals surface area contributed by atoms with Gasteiger partial charge in [0.2, 0.25) is 5.91 Å². The van der Waals surface area contributed by atoms with Crippen molar-refractivity contribution in [2.24, 2.45) is 0 Å². The number of para-hydroxylation sites is 1. The molecule has 2 amide bonds. The zero-order valence-electron chi connectivity index (χ0n) is 17.4. The lowest BCUT2D eigenvalue weighted by Crippen LogP contribution is -2.52. The Hall–Kier alpha value is -2.53. The van der Waals surface area contributed by atoms with Gasteiger partial charge in [-0.1, -0.05) is 67.8 Å². The van der Waals surface area contributed by atoms with E-state index in [0.29, 0.717) is 17.2 Å². The molecule has 30 heavy (non-hydrogen) atoms. The van der Waals surface area contributed by atoms with Gasteiger partial charge in [0.25, 0.3) is 5.91 Å². The van der Waals surface area contributed by atoms with Crippen molar-refractivity contribution in [3.63, 3.8) is 0 Å². The first-order valence-corrected chi connectivity index (χ1v) is 11.0. The maximum absolute atomic E-state index is 13.2. The summed E-state index contributed by atoms with van der Waals surface area (Å²) in [6.45, 7) is 2.04. The molecule has 6 heteroatoms. The Kier molecular flexibility index (Phi) is 8.14. The molecule has 0 bridgehead atoms. The van der Waals surface area contributed by atoms with Crippen LogP contribution < -0.4 is 10.1 Å². The Labute approximate surface area is 183 Å². The molecule has 1 saturated carbocycles. The minimum atomic E-state index is -0.575. The van der Waals surface area contributed by atoms with Gasteiger partial charge in [0.05, 0.1) is 0 Å². The van der Waals surface area contributed by atoms with Crippen molar-refractivity contribution in [1.29, 1.82) is 0 Å². The van der Waals surface area contributed by atoms with Gasteiger partial charge in [-0.25, -0.2) is 0 Å². The normalized spacial score (nSPS) is 14.9. The van der Waals surface area contributed by atoms with Crippen LogP contribution in [0.3, 0.4) is 0 Å². The third kappa shape index (κ3) is 5.99. The van der Waals surface area contributed by atoms with Crippen LogP contribution in [0.15, 0.2) is 54.6 Å². The molecular formula is C24H29ClN2O3. The molecule has 0 heterocycles. The Morgan fingerprint density at radius 3 is 2.43 bits per heavy atom. The van der Waals surface area contributed by atoms with E-state index in [4.69, 9.17) is 16.3 Å². The number of halogens is 1. The summed E-state index contributed by atoms with van der Waals surface area (Å²) in [5.74, 6) is 0.267. The molecule has 1 aliphatic rings. The summed E-state index contributed by atoms with van der Waals surface area (Å²) >= 11 is 6.34. The summed E-state index contributed by atoms with van der Waals surface area (Å²) in [6, 6.07) is 16.2. The molecule has 0 aliphatic heterocycles. The second-order valence-electron chi connectivity index (χ2n) is 7.63. The van der Waals surface area contributed by atoms with Gasteiger partial charge < -0.3 is 15.0 Å². The summed E-state index contributed by atoms with van der Waals surface area (Å²) < 4.78 is 5.67. The molecule has 0 unspecified atom stereocenters. The number of benzene rings is 2. The molecule has 0 saturated heterocycles. The zero-order valence-corrected chi connectivity index (χ0v) is 18.1. The summed E-state index contributed by atoms with van der Waals surface area (Å²) in [4.78, 5) is 27.8. The van der Waals surface area contributed by atoms with Crippen LogP contribution in [-0.2, 0) is 16.1 Å². The van der Waals surface area contributed by atoms with Gasteiger partial charge in [-0.05, 0) is 43.0 Å². The molecule has 5 nitrogen and oxygen atoms in total. The molecule has 0 spiro atoms. The van der Waals surface area contributed by atoms with Crippen molar-refractivity contribution in [3.8, 4) is 5.75 Å². The number of hydrogen-bond acceptors (Lipinski definition) is 3. The number of carbonyl (C=O) groups excluding carboxylic acids is 2. The smallest absolute Gasteiger partial charge is 0.261 e. The quantitative estimate of drug-likeness (QED) is 0.635. The van der Waals surface area contributed by atoms with E-state index in [1.54, 1.807) is 23.1 Å². The molecular weight excluding hydrogens is 400 g/mol. The molecule has 1 fully saturated rings. The molecule has 3 rings (SSSR count). The average molecular weight is 429 g/mol. The molecule has 2 aromatic rings. The molecule has 1 N–H and O–H groups in total. The summed E-state index contributed by atoms with van der Waals surface area (Å²) in [7, 11) is 0. The second-order valence-corrected chi connectivity index (χ2v) is 8.04. The van der Waals surface area contributed by atoms with Crippen molar-refractivity contribution in [1.82, 2.24) is 10.2 Å². The van der Waals surface area contributed by atoms with Crippen molar-refractivity contribution in [2.75, 3.05) is 6.61 Å². The Balaban J connectivity index is 1.76. The Bertz CT molecular complexity index is 837. The van der Waals surface area contributed by atoms with Gasteiger partial charge in [0, 0.05) is 17.6 Å². The summed E-state index contributed by atoms with van der Waals surface area (Å²) in [5.41, 5.74) is 0.805. The first kappa shape index (κ1) is 22.2. The monoisotopic (exact) mass is 428 g/mol. The van der Waals surface area contributed by atoms with E-state index < -0.39 is 6.04 Å². The predicted molar refractivity (Wildman–Crippen MR) is 118 cm³/mol. The van der Waals surface area contributed by atoms with Crippen LogP contribution in [0.1, 0.15) is 44.6 Å². The minimum absolute atomic E-state index is 0.107. The SMILES string of the molecule is CC[C@@H](C(=O)NC1CCCC1)N(Cc1ccccc1Cl)C(=O)COc1ccccc1. The summed E-state index contributed by atoms with van der Waals surface area (Å²) in [5, 5.41) is 3.71. The van der Waals surface area contributed by atoms with Crippen LogP contribution in [0.25, 0.3) is 0 Å². The van der Waals surface area contributed by atoms with Crippen LogP contribution in [-0.4, -0.2) is 35.4 Å². The lowest BCUT2D eigenvalue weighted by Gasteiger charge is -2.31. The first-order valence-electron chi connectivity index (χ1n) is 10.6. The Morgan fingerprint density at radius 1 is 1.10 bits per heavy atom. The average Bonchev–Trinajstić information content (AvgIpc) is 3.27. The number of carbonyl (C=O) groups is 2. The van der Waals surface area contributed by atoms with Crippen molar-refractivity contribution in [2.45, 2.75) is 57.7 Å². The van der Waals surface area contributed by atoms with E-state index in [9.17, 15) is 9.59 Å². The van der Waals surface area contributed by atoms with Crippen LogP contribution >= 0.6 is 11.6 Å². The number of hydrogen-bond donors (Lipinski definition) is 1. The topological polar surface area (TPSA) is 58.6 Å². The standard InChI is InChI=1S/C24H29ClN2O3/c1-2-22(24(29)26-19-11-7-8-12-19)27(16-18-10-6-9-15-21(18)25)23(28)17-30-20-13-4-3-5-14-20/h3-6,9-10,13-15,19,22H,2,7-8,11-12,16-17H2,1H3,(H,26,29)/t22-/m0/s1. The molecule has 1 atom stereocenters. The predicted octanol–water partition coefficient (Wildman–Crippen LogP) is 4.59. The third-order valence-electron chi connectivity index (χ3n) is 5.49. The van der Waals surface area contributed by atoms with Gasteiger partial charge in [0.1, 0.15) is 11.8 Å². The fourth-order valence-corrected chi connectivity index (χ4v) is 4.04. The Morgan fingerprint density at radius 2 is 1.77 bits per heavy atom. The van der Waals surface area contributed by atoms with Gasteiger partial charge >= 0.3 is 0 Å². The maximum Gasteiger partial charge on any atom is 0.261 e. The lowest BCUT2D eigenvalue weighted by atomic mass is 10.1. The van der Waals surface area contributed by atoms with Gasteiger partial charge in [-0.2, -0.15) is 0 Å². The molecule has 2 aromatic carbocycles. The highest BCUT2D eigenvalue weighted by molar-refractivity contribution is 6.31. The first-order chi connectivity index (χ1) is 14.6. The van der Waals surface area contributed by atoms with Crippen molar-refractivity contribution < 1.29 is 14.3 Å². The molecule has 160 valence electrons. The maximum atomic E-state index is 13.2. The largest absolute Gasteiger partial charge is 0.484 e. The van der Waals surface area contributed by atoms with E-state index in [-0.39, 0.29) is 31.0 Å². The van der Waals surface area contributed by atoms with E-state index in [0.717, 1.165) is 31.2 Å². The van der Waals surface area contributed by atoms with Gasteiger partial charge in [-0.3, -0.25) is 9.59 Å². The van der Waals surface area contributed by atoms with E-state index in [1.807, 2.05) is 43.3 Å². The highest BCUT2D eigenvalue weighted by Crippen LogP contribution is 2.22. The van der Waals surface area contributed by atoms with E-state index >= 15 is 0 Å². The fraction of sp³-hybridized carbons (Fsp3) is 0.417. The number of ether oxygens (including phenoxy) is 1. The lowest BCUT2D eigenvalue weighted by molar-refractivity contribution is -0.143. The highest BCUT2D eigenvalue weighted by Gasteiger charge is 2.31. The number of nitrogens with zero attached hydrogens (tertiary/aromatic N) is 1. The highest BCUT2D eigenvalue weighted by atomic mass is 35.5. The van der Waals surface area contributed by atoms with E-state index in [2.05, 4.69) is 5.32 Å². The van der Waals surface area contributed by atoms with E-state index in [1.165, 1.54) is 0 Å². The molecule has 1 aliphatic carbocycles. The molecule has 0 aromatic heterocycles. The van der Waals surface area contributed by atoms with Crippen LogP contribution in [0, 0.1) is 0 Å². The van der Waals surface area contributed by atoms with Gasteiger partial charge in [0.15, 0.2) is 6.61 Å². The van der Waals surface area contributed by atoms with Gasteiger partial charge in [-0.15, -0.1) is 0 Å². The van der Waals surface area contributed by atoms with Crippen molar-refractivity contribution >= 4 is 23.4 Å². The minimum Gasteiger partial charge on any atom is -0.484 e. The van der Waals surface area contributed by atoms with Crippen molar-refractivity contribution in [3.05, 3.63) is 65.2 Å². The number of amides is 2. The van der Waals surface area contributed by atoms with Crippen LogP contribution in [0.4, 0.5) is 0 Å². The summed E-state index contributed by atoms with van der Waals surface area (Å²) in [6.07, 6.45) is 4.78. The third-order valence-corrected chi connectivity index (χ3v) is 5.86. The van der Waals surface area contributed by atoms with Crippen LogP contribution in [0.2, 0.25) is 5.02 Å². The fourth-order valence-electron chi connectivity index (χ4n) is 3.84. The number of rotatable bonds is 9. The zero-order chi connectivity index (χ0) is 21.3. The second kappa shape index (κ2) is 11.0.